The van der Waals surface area contributed by atoms with E-state index in [9.17, 15) is 9.00 Å². The molecule has 110 valence electrons. The van der Waals surface area contributed by atoms with Gasteiger partial charge in [-0.3, -0.25) is 9.00 Å². The van der Waals surface area contributed by atoms with Gasteiger partial charge in [-0.05, 0) is 50.5 Å². The van der Waals surface area contributed by atoms with Gasteiger partial charge in [0, 0.05) is 23.1 Å². The number of carbonyl (C=O) groups is 1. The molecule has 1 aliphatic rings. The lowest BCUT2D eigenvalue weighted by Crippen LogP contribution is -2.30. The predicted molar refractivity (Wildman–Crippen MR) is 81.4 cm³/mol. The number of nitrogens with one attached hydrogen (secondary N) is 1. The maximum Gasteiger partial charge on any atom is 0.237 e. The van der Waals surface area contributed by atoms with Crippen LogP contribution in [0.3, 0.4) is 0 Å². The van der Waals surface area contributed by atoms with Gasteiger partial charge in [0.05, 0.1) is 11.4 Å². The number of anilines is 1. The van der Waals surface area contributed by atoms with Crippen LogP contribution in [0.1, 0.15) is 24.5 Å². The molecule has 0 bridgehead atoms. The molecule has 0 aromatic heterocycles. The lowest BCUT2D eigenvalue weighted by atomic mass is 10.1. The third-order valence-corrected chi connectivity index (χ3v) is 5.26. The minimum Gasteiger partial charge on any atom is -0.377 e. The summed E-state index contributed by atoms with van der Waals surface area (Å²) in [5.74, 6) is -0.168. The Morgan fingerprint density at radius 3 is 2.55 bits per heavy atom. The third-order valence-electron chi connectivity index (χ3n) is 3.42. The smallest absolute Gasteiger partial charge is 0.237 e. The van der Waals surface area contributed by atoms with Gasteiger partial charge in [0.15, 0.2) is 0 Å². The first-order chi connectivity index (χ1) is 9.45. The second-order valence-electron chi connectivity index (χ2n) is 5.35. The van der Waals surface area contributed by atoms with Gasteiger partial charge in [0.2, 0.25) is 5.91 Å². The van der Waals surface area contributed by atoms with Crippen LogP contribution in [0, 0.1) is 13.8 Å². The molecular weight excluding hydrogens is 274 g/mol. The molecule has 0 saturated carbocycles. The van der Waals surface area contributed by atoms with Crippen molar-refractivity contribution in [2.45, 2.75) is 38.5 Å². The van der Waals surface area contributed by atoms with E-state index in [4.69, 9.17) is 4.74 Å². The Morgan fingerprint density at radius 1 is 1.35 bits per heavy atom. The van der Waals surface area contributed by atoms with Crippen LogP contribution in [-0.2, 0) is 20.3 Å². The van der Waals surface area contributed by atoms with Gasteiger partial charge in [-0.15, -0.1) is 0 Å². The molecule has 0 radical (unpaired) electrons. The Bertz CT molecular complexity index is 510. The van der Waals surface area contributed by atoms with Crippen LogP contribution >= 0.6 is 0 Å². The fraction of sp³-hybridized carbons (Fsp3) is 0.533. The zero-order valence-corrected chi connectivity index (χ0v) is 13.0. The Hall–Kier alpha value is -1.20. The van der Waals surface area contributed by atoms with Gasteiger partial charge in [-0.2, -0.15) is 0 Å². The van der Waals surface area contributed by atoms with Crippen LogP contribution in [0.15, 0.2) is 18.2 Å². The molecule has 0 spiro atoms. The Morgan fingerprint density at radius 2 is 2.00 bits per heavy atom. The van der Waals surface area contributed by atoms with Crippen molar-refractivity contribution in [3.8, 4) is 0 Å². The topological polar surface area (TPSA) is 55.4 Å². The molecule has 0 aliphatic carbocycles. The molecule has 1 aliphatic heterocycles. The number of benzene rings is 1. The molecule has 5 heteroatoms. The van der Waals surface area contributed by atoms with Gasteiger partial charge in [0.1, 0.15) is 5.75 Å². The summed E-state index contributed by atoms with van der Waals surface area (Å²) in [5.41, 5.74) is 2.96. The highest BCUT2D eigenvalue weighted by Crippen LogP contribution is 2.19. The fourth-order valence-electron chi connectivity index (χ4n) is 2.54. The molecule has 0 unspecified atom stereocenters. The van der Waals surface area contributed by atoms with Crippen molar-refractivity contribution in [2.75, 3.05) is 17.7 Å². The molecule has 1 aromatic rings. The molecule has 4 nitrogen and oxygen atoms in total. The van der Waals surface area contributed by atoms with E-state index in [0.717, 1.165) is 23.2 Å². The van der Waals surface area contributed by atoms with Crippen molar-refractivity contribution < 1.29 is 13.7 Å². The molecule has 1 amide bonds. The van der Waals surface area contributed by atoms with Gasteiger partial charge in [0.25, 0.3) is 0 Å². The summed E-state index contributed by atoms with van der Waals surface area (Å²) in [6.45, 7) is 6.52. The van der Waals surface area contributed by atoms with Gasteiger partial charge < -0.3 is 10.1 Å². The van der Waals surface area contributed by atoms with Crippen LogP contribution in [0.4, 0.5) is 5.69 Å². The van der Waals surface area contributed by atoms with Crippen molar-refractivity contribution in [3.63, 3.8) is 0 Å². The SMILES string of the molecule is Cc1cc(C)cc(NC(=O)C[S@](=O)[C@H]2CCO[C@@H]2C)c1. The van der Waals surface area contributed by atoms with E-state index >= 15 is 0 Å². The van der Waals surface area contributed by atoms with Crippen LogP contribution in [0.25, 0.3) is 0 Å². The summed E-state index contributed by atoms with van der Waals surface area (Å²) in [4.78, 5) is 12.0. The number of ether oxygens (including phenoxy) is 1. The average Bonchev–Trinajstić information content (AvgIpc) is 2.73. The molecule has 1 saturated heterocycles. The first-order valence-electron chi connectivity index (χ1n) is 6.82. The van der Waals surface area contributed by atoms with Crippen molar-refractivity contribution in [1.29, 1.82) is 0 Å². The van der Waals surface area contributed by atoms with E-state index in [1.165, 1.54) is 0 Å². The van der Waals surface area contributed by atoms with E-state index in [1.807, 2.05) is 39.0 Å². The number of hydrogen-bond donors (Lipinski definition) is 1. The number of carbonyl (C=O) groups excluding carboxylic acids is 1. The highest BCUT2D eigenvalue weighted by atomic mass is 32.2. The largest absolute Gasteiger partial charge is 0.377 e. The predicted octanol–water partition coefficient (Wildman–Crippen LogP) is 2.17. The Kier molecular flexibility index (Phi) is 4.94. The van der Waals surface area contributed by atoms with Gasteiger partial charge in [-0.1, -0.05) is 6.07 Å². The van der Waals surface area contributed by atoms with Crippen LogP contribution in [0.5, 0.6) is 0 Å². The molecule has 1 aromatic carbocycles. The first-order valence-corrected chi connectivity index (χ1v) is 8.21. The number of rotatable bonds is 4. The summed E-state index contributed by atoms with van der Waals surface area (Å²) in [6, 6.07) is 5.87. The maximum atomic E-state index is 12.2. The van der Waals surface area contributed by atoms with Gasteiger partial charge >= 0.3 is 0 Å². The zero-order valence-electron chi connectivity index (χ0n) is 12.1. The highest BCUT2D eigenvalue weighted by Gasteiger charge is 2.30. The minimum atomic E-state index is -1.18. The van der Waals surface area contributed by atoms with Gasteiger partial charge in [-0.25, -0.2) is 0 Å². The van der Waals surface area contributed by atoms with Crippen LogP contribution in [-0.4, -0.2) is 33.8 Å². The molecular formula is C15H21NO3S. The van der Waals surface area contributed by atoms with E-state index in [1.54, 1.807) is 0 Å². The summed E-state index contributed by atoms with van der Waals surface area (Å²) in [5, 5.41) is 2.79. The molecule has 1 N–H and O–H groups in total. The minimum absolute atomic E-state index is 0.0233. The maximum absolute atomic E-state index is 12.2. The summed E-state index contributed by atoms with van der Waals surface area (Å²) >= 11 is 0. The summed E-state index contributed by atoms with van der Waals surface area (Å²) < 4.78 is 17.6. The molecule has 1 fully saturated rings. The van der Waals surface area contributed by atoms with E-state index in [-0.39, 0.29) is 23.0 Å². The third kappa shape index (κ3) is 3.90. The normalized spacial score (nSPS) is 23.6. The quantitative estimate of drug-likeness (QED) is 0.926. The Balaban J connectivity index is 1.93. The second-order valence-corrected chi connectivity index (χ2v) is 7.01. The standard InChI is InChI=1S/C15H21NO3S/c1-10-6-11(2)8-13(7-10)16-15(17)9-20(18)14-4-5-19-12(14)3/h6-8,12,14H,4-5,9H2,1-3H3,(H,16,17)/t12-,14+,20+/m1/s1. The van der Waals surface area contributed by atoms with Crippen molar-refractivity contribution in [3.05, 3.63) is 29.3 Å². The summed E-state index contributed by atoms with van der Waals surface area (Å²) in [6.07, 6.45) is 0.745. The van der Waals surface area contributed by atoms with Crippen molar-refractivity contribution in [2.24, 2.45) is 0 Å². The lowest BCUT2D eigenvalue weighted by Gasteiger charge is -2.13. The van der Waals surface area contributed by atoms with E-state index in [2.05, 4.69) is 5.32 Å². The van der Waals surface area contributed by atoms with E-state index in [0.29, 0.717) is 6.61 Å². The zero-order chi connectivity index (χ0) is 14.7. The lowest BCUT2D eigenvalue weighted by molar-refractivity contribution is -0.113. The summed E-state index contributed by atoms with van der Waals surface area (Å²) in [7, 11) is -1.18. The highest BCUT2D eigenvalue weighted by molar-refractivity contribution is 7.86. The molecule has 1 heterocycles. The van der Waals surface area contributed by atoms with Crippen molar-refractivity contribution in [1.82, 2.24) is 0 Å². The molecule has 3 atom stereocenters. The second kappa shape index (κ2) is 6.50. The average molecular weight is 295 g/mol. The first kappa shape index (κ1) is 15.2. The Labute approximate surface area is 122 Å². The molecule has 2 rings (SSSR count). The van der Waals surface area contributed by atoms with Crippen molar-refractivity contribution >= 4 is 22.4 Å². The van der Waals surface area contributed by atoms with Crippen LogP contribution in [0.2, 0.25) is 0 Å². The van der Waals surface area contributed by atoms with E-state index < -0.39 is 10.8 Å². The number of amides is 1. The van der Waals surface area contributed by atoms with Crippen LogP contribution < -0.4 is 5.32 Å². The fourth-order valence-corrected chi connectivity index (χ4v) is 3.95. The monoisotopic (exact) mass is 295 g/mol. The number of aryl methyl sites for hydroxylation is 2. The number of hydrogen-bond acceptors (Lipinski definition) is 3. The molecule has 20 heavy (non-hydrogen) atoms.